The fraction of sp³-hybridized carbons (Fsp3) is 0.250. The third-order valence-electron chi connectivity index (χ3n) is 2.91. The van der Waals surface area contributed by atoms with E-state index in [2.05, 4.69) is 5.16 Å². The van der Waals surface area contributed by atoms with Gasteiger partial charge in [0.15, 0.2) is 5.78 Å². The number of hydrogen-bond donors (Lipinski definition) is 0. The summed E-state index contributed by atoms with van der Waals surface area (Å²) in [5, 5.41) is 3.87. The van der Waals surface area contributed by atoms with Gasteiger partial charge in [0.1, 0.15) is 6.61 Å². The normalized spacial score (nSPS) is 16.1. The molecule has 1 aromatic rings. The van der Waals surface area contributed by atoms with Gasteiger partial charge in [0, 0.05) is 18.4 Å². The molecule has 1 aliphatic rings. The van der Waals surface area contributed by atoms with Crippen LogP contribution in [0.25, 0.3) is 0 Å². The van der Waals surface area contributed by atoms with Crippen molar-refractivity contribution in [1.29, 1.82) is 0 Å². The summed E-state index contributed by atoms with van der Waals surface area (Å²) in [6, 6.07) is 9.71. The summed E-state index contributed by atoms with van der Waals surface area (Å²) in [5.74, 6) is 0.140. The molecule has 0 aliphatic heterocycles. The van der Waals surface area contributed by atoms with E-state index >= 15 is 0 Å². The van der Waals surface area contributed by atoms with Crippen molar-refractivity contribution < 1.29 is 14.7 Å². The lowest BCUT2D eigenvalue weighted by Gasteiger charge is -2.06. The maximum Gasteiger partial charge on any atom is 0.162 e. The second kappa shape index (κ2) is 7.40. The summed E-state index contributed by atoms with van der Waals surface area (Å²) in [6.45, 7) is 2.19. The van der Waals surface area contributed by atoms with Crippen LogP contribution in [0.3, 0.4) is 0 Å². The highest BCUT2D eigenvalue weighted by Gasteiger charge is 2.08. The van der Waals surface area contributed by atoms with Gasteiger partial charge in [-0.15, -0.1) is 0 Å². The van der Waals surface area contributed by atoms with Gasteiger partial charge in [0.25, 0.3) is 0 Å². The van der Waals surface area contributed by atoms with E-state index in [1.165, 1.54) is 0 Å². The first kappa shape index (κ1) is 14.2. The largest absolute Gasteiger partial charge is 0.294 e. The molecule has 4 heteroatoms. The van der Waals surface area contributed by atoms with Gasteiger partial charge in [-0.2, -0.15) is 4.89 Å². The molecule has 1 aromatic carbocycles. The SMILES string of the molecule is CCC(=O)C1=CCC(=NOOCc2ccccc2)C=C1. The highest BCUT2D eigenvalue weighted by atomic mass is 17.3. The minimum atomic E-state index is 0.140. The van der Waals surface area contributed by atoms with Crippen molar-refractivity contribution in [3.8, 4) is 0 Å². The van der Waals surface area contributed by atoms with Crippen LogP contribution in [0.1, 0.15) is 25.3 Å². The van der Waals surface area contributed by atoms with Crippen LogP contribution in [0.4, 0.5) is 0 Å². The topological polar surface area (TPSA) is 47.9 Å². The Balaban J connectivity index is 1.76. The van der Waals surface area contributed by atoms with Crippen LogP contribution < -0.4 is 0 Å². The molecule has 0 saturated carbocycles. The van der Waals surface area contributed by atoms with Crippen molar-refractivity contribution in [2.75, 3.05) is 0 Å². The van der Waals surface area contributed by atoms with E-state index in [1.807, 2.05) is 43.3 Å². The summed E-state index contributed by atoms with van der Waals surface area (Å²) in [4.78, 5) is 21.3. The van der Waals surface area contributed by atoms with Crippen LogP contribution in [-0.4, -0.2) is 11.5 Å². The standard InChI is InChI=1S/C16H17NO3/c1-2-16(18)14-8-10-15(11-9-14)17-20-19-12-13-6-4-3-5-7-13/h3-10H,2,11-12H2,1H3. The Morgan fingerprint density at radius 2 is 2.05 bits per heavy atom. The van der Waals surface area contributed by atoms with Crippen molar-refractivity contribution >= 4 is 11.5 Å². The van der Waals surface area contributed by atoms with E-state index in [1.54, 1.807) is 12.2 Å². The van der Waals surface area contributed by atoms with Crippen molar-refractivity contribution in [2.45, 2.75) is 26.4 Å². The Hall–Kier alpha value is -2.20. The van der Waals surface area contributed by atoms with Gasteiger partial charge in [0.2, 0.25) is 0 Å². The van der Waals surface area contributed by atoms with Gasteiger partial charge >= 0.3 is 0 Å². The third-order valence-corrected chi connectivity index (χ3v) is 2.91. The van der Waals surface area contributed by atoms with E-state index in [0.717, 1.165) is 16.8 Å². The third kappa shape index (κ3) is 4.17. The Morgan fingerprint density at radius 3 is 2.70 bits per heavy atom. The number of allylic oxidation sites excluding steroid dienone is 4. The zero-order chi connectivity index (χ0) is 14.2. The molecule has 20 heavy (non-hydrogen) atoms. The molecule has 0 heterocycles. The maximum atomic E-state index is 11.5. The quantitative estimate of drug-likeness (QED) is 0.453. The molecule has 0 spiro atoms. The Morgan fingerprint density at radius 1 is 1.25 bits per heavy atom. The first-order valence-corrected chi connectivity index (χ1v) is 6.60. The average molecular weight is 271 g/mol. The lowest BCUT2D eigenvalue weighted by atomic mass is 10.0. The lowest BCUT2D eigenvalue weighted by molar-refractivity contribution is -0.305. The molecule has 4 nitrogen and oxygen atoms in total. The van der Waals surface area contributed by atoms with Gasteiger partial charge < -0.3 is 0 Å². The molecule has 0 amide bonds. The Bertz CT molecular complexity index is 544. The van der Waals surface area contributed by atoms with E-state index in [9.17, 15) is 4.79 Å². The Labute approximate surface area is 118 Å². The molecule has 0 aromatic heterocycles. The van der Waals surface area contributed by atoms with Crippen molar-refractivity contribution in [2.24, 2.45) is 5.16 Å². The molecule has 0 fully saturated rings. The van der Waals surface area contributed by atoms with E-state index in [0.29, 0.717) is 19.4 Å². The number of benzene rings is 1. The van der Waals surface area contributed by atoms with Gasteiger partial charge in [0.05, 0.1) is 5.71 Å². The molecule has 0 unspecified atom stereocenters. The molecule has 104 valence electrons. The van der Waals surface area contributed by atoms with E-state index < -0.39 is 0 Å². The first-order chi connectivity index (χ1) is 9.79. The molecule has 0 saturated heterocycles. The van der Waals surface area contributed by atoms with Crippen molar-refractivity contribution in [3.05, 3.63) is 59.7 Å². The molecule has 0 bridgehead atoms. The second-order valence-corrected chi connectivity index (χ2v) is 4.38. The van der Waals surface area contributed by atoms with Crippen LogP contribution in [0.15, 0.2) is 59.3 Å². The number of carbonyl (C=O) groups is 1. The summed E-state index contributed by atoms with van der Waals surface area (Å²) >= 11 is 0. The minimum absolute atomic E-state index is 0.140. The number of hydrogen-bond acceptors (Lipinski definition) is 4. The molecular formula is C16H17NO3. The monoisotopic (exact) mass is 271 g/mol. The summed E-state index contributed by atoms with van der Waals surface area (Å²) in [6.07, 6.45) is 6.47. The lowest BCUT2D eigenvalue weighted by Crippen LogP contribution is -2.05. The maximum absolute atomic E-state index is 11.5. The number of ketones is 1. The predicted molar refractivity (Wildman–Crippen MR) is 76.9 cm³/mol. The molecular weight excluding hydrogens is 254 g/mol. The summed E-state index contributed by atoms with van der Waals surface area (Å²) in [5.41, 5.74) is 2.48. The average Bonchev–Trinajstić information content (AvgIpc) is 2.52. The number of oxime groups is 1. The molecule has 2 rings (SSSR count). The number of carbonyl (C=O) groups excluding carboxylic acids is 1. The molecule has 0 N–H and O–H groups in total. The van der Waals surface area contributed by atoms with Crippen LogP contribution in [-0.2, 0) is 21.3 Å². The first-order valence-electron chi connectivity index (χ1n) is 6.60. The summed E-state index contributed by atoms with van der Waals surface area (Å²) < 4.78 is 0. The van der Waals surface area contributed by atoms with E-state index in [-0.39, 0.29) is 5.78 Å². The van der Waals surface area contributed by atoms with Crippen LogP contribution in [0, 0.1) is 0 Å². The van der Waals surface area contributed by atoms with Crippen molar-refractivity contribution in [1.82, 2.24) is 0 Å². The fourth-order valence-electron chi connectivity index (χ4n) is 1.76. The van der Waals surface area contributed by atoms with Crippen LogP contribution in [0.5, 0.6) is 0 Å². The second-order valence-electron chi connectivity index (χ2n) is 4.38. The highest BCUT2D eigenvalue weighted by molar-refractivity contribution is 6.04. The fourth-order valence-corrected chi connectivity index (χ4v) is 1.76. The van der Waals surface area contributed by atoms with Gasteiger partial charge in [-0.25, -0.2) is 4.99 Å². The van der Waals surface area contributed by atoms with Gasteiger partial charge in [-0.1, -0.05) is 43.3 Å². The van der Waals surface area contributed by atoms with Gasteiger partial charge in [-0.05, 0) is 22.9 Å². The Kier molecular flexibility index (Phi) is 5.26. The zero-order valence-electron chi connectivity index (χ0n) is 11.4. The van der Waals surface area contributed by atoms with Crippen molar-refractivity contribution in [3.63, 3.8) is 0 Å². The number of nitrogens with zero attached hydrogens (tertiary/aromatic N) is 1. The number of rotatable bonds is 6. The zero-order valence-corrected chi connectivity index (χ0v) is 11.4. The van der Waals surface area contributed by atoms with Crippen LogP contribution >= 0.6 is 0 Å². The molecule has 1 aliphatic carbocycles. The van der Waals surface area contributed by atoms with Gasteiger partial charge in [-0.3, -0.25) is 4.79 Å². The van der Waals surface area contributed by atoms with Crippen LogP contribution in [0.2, 0.25) is 0 Å². The molecule has 0 atom stereocenters. The minimum Gasteiger partial charge on any atom is -0.294 e. The summed E-state index contributed by atoms with van der Waals surface area (Å²) in [7, 11) is 0. The predicted octanol–water partition coefficient (Wildman–Crippen LogP) is 3.36. The number of Topliss-reactive ketones (excluding diaryl/α,β-unsaturated/α-hetero) is 1. The smallest absolute Gasteiger partial charge is 0.162 e. The highest BCUT2D eigenvalue weighted by Crippen LogP contribution is 2.11. The van der Waals surface area contributed by atoms with E-state index in [4.69, 9.17) is 9.88 Å². The molecule has 0 radical (unpaired) electrons.